The highest BCUT2D eigenvalue weighted by molar-refractivity contribution is 6.58. The number of rotatable bonds is 4. The third-order valence-corrected chi connectivity index (χ3v) is 3.11. The zero-order chi connectivity index (χ0) is 16.1. The number of hydrogen-bond donors (Lipinski definition) is 3. The fourth-order valence-corrected chi connectivity index (χ4v) is 1.93. The highest BCUT2D eigenvalue weighted by Crippen LogP contribution is 2.18. The van der Waals surface area contributed by atoms with Crippen LogP contribution in [0.4, 0.5) is 10.1 Å². The Labute approximate surface area is 127 Å². The Kier molecular flexibility index (Phi) is 4.94. The zero-order valence-corrected chi connectivity index (χ0v) is 11.5. The van der Waals surface area contributed by atoms with Gasteiger partial charge in [0.1, 0.15) is 11.7 Å². The first-order chi connectivity index (χ1) is 10.5. The van der Waals surface area contributed by atoms with Crippen LogP contribution in [0.1, 0.15) is 11.5 Å². The number of carbonyl (C=O) groups excluding carboxylic acids is 1. The van der Waals surface area contributed by atoms with Crippen LogP contribution in [0.2, 0.25) is 0 Å². The molecular weight excluding hydrogens is 284 g/mol. The lowest BCUT2D eigenvalue weighted by Crippen LogP contribution is -2.29. The molecule has 3 N–H and O–H groups in total. The zero-order valence-electron chi connectivity index (χ0n) is 11.5. The van der Waals surface area contributed by atoms with Gasteiger partial charge in [-0.3, -0.25) is 4.79 Å². The summed E-state index contributed by atoms with van der Waals surface area (Å²) < 4.78 is 12.9. The molecule has 22 heavy (non-hydrogen) atoms. The van der Waals surface area contributed by atoms with Crippen LogP contribution in [0.3, 0.4) is 0 Å². The Bertz CT molecular complexity index is 693. The van der Waals surface area contributed by atoms with E-state index >= 15 is 0 Å². The van der Waals surface area contributed by atoms with Crippen molar-refractivity contribution in [3.8, 4) is 12.3 Å². The Hall–Kier alpha value is -2.62. The molecule has 0 bridgehead atoms. The largest absolute Gasteiger partial charge is 0.488 e. The summed E-state index contributed by atoms with van der Waals surface area (Å²) in [6, 6.07) is 11.4. The molecule has 4 nitrogen and oxygen atoms in total. The highest BCUT2D eigenvalue weighted by Gasteiger charge is 2.18. The van der Waals surface area contributed by atoms with E-state index in [4.69, 9.17) is 16.5 Å². The van der Waals surface area contributed by atoms with Gasteiger partial charge in [0.05, 0.1) is 0 Å². The minimum atomic E-state index is -1.57. The number of terminal acetylenes is 1. The van der Waals surface area contributed by atoms with E-state index in [0.29, 0.717) is 16.7 Å². The average Bonchev–Trinajstić information content (AvgIpc) is 2.50. The van der Waals surface area contributed by atoms with Crippen LogP contribution in [-0.4, -0.2) is 23.1 Å². The van der Waals surface area contributed by atoms with Crippen molar-refractivity contribution in [2.75, 3.05) is 5.32 Å². The molecule has 6 heteroatoms. The third-order valence-electron chi connectivity index (χ3n) is 3.11. The van der Waals surface area contributed by atoms with Crippen LogP contribution in [0.5, 0.6) is 0 Å². The number of carbonyl (C=O) groups is 1. The molecule has 0 fully saturated rings. The van der Waals surface area contributed by atoms with E-state index in [-0.39, 0.29) is 0 Å². The Balaban J connectivity index is 2.12. The molecule has 0 aliphatic rings. The lowest BCUT2D eigenvalue weighted by Gasteiger charge is -2.12. The average molecular weight is 297 g/mol. The predicted octanol–water partition coefficient (Wildman–Crippen LogP) is 0.861. The van der Waals surface area contributed by atoms with E-state index < -0.39 is 24.8 Å². The van der Waals surface area contributed by atoms with Gasteiger partial charge >= 0.3 is 7.12 Å². The van der Waals surface area contributed by atoms with Crippen molar-refractivity contribution in [1.29, 1.82) is 0 Å². The summed E-state index contributed by atoms with van der Waals surface area (Å²) in [4.78, 5) is 12.2. The number of anilines is 1. The van der Waals surface area contributed by atoms with Gasteiger partial charge in [-0.05, 0) is 35.3 Å². The van der Waals surface area contributed by atoms with Crippen molar-refractivity contribution in [2.45, 2.75) is 5.92 Å². The topological polar surface area (TPSA) is 69.6 Å². The molecule has 2 rings (SSSR count). The summed E-state index contributed by atoms with van der Waals surface area (Å²) in [5.41, 5.74) is 1.30. The van der Waals surface area contributed by atoms with E-state index in [2.05, 4.69) is 11.2 Å². The van der Waals surface area contributed by atoms with E-state index in [9.17, 15) is 9.18 Å². The van der Waals surface area contributed by atoms with Gasteiger partial charge in [-0.25, -0.2) is 4.39 Å². The van der Waals surface area contributed by atoms with E-state index in [1.165, 1.54) is 48.5 Å². The van der Waals surface area contributed by atoms with Crippen LogP contribution < -0.4 is 10.8 Å². The molecular formula is C16H13BFNO3. The third kappa shape index (κ3) is 3.73. The second kappa shape index (κ2) is 6.90. The number of halogens is 1. The minimum absolute atomic E-state index is 0.310. The Morgan fingerprint density at radius 1 is 1.14 bits per heavy atom. The van der Waals surface area contributed by atoms with Crippen molar-refractivity contribution in [2.24, 2.45) is 0 Å². The van der Waals surface area contributed by atoms with Gasteiger partial charge in [-0.15, -0.1) is 6.42 Å². The molecule has 0 spiro atoms. The summed E-state index contributed by atoms with van der Waals surface area (Å²) in [6.07, 6.45) is 5.39. The summed E-state index contributed by atoms with van der Waals surface area (Å²) in [7, 11) is -1.57. The smallest absolute Gasteiger partial charge is 0.423 e. The standard InChI is InChI=1S/C16H13BFNO3/c1-2-15(11-3-7-13(18)8-4-11)16(20)19-14-9-5-12(6-10-14)17(21)22/h1,3-10,15,21-22H,(H,19,20). The van der Waals surface area contributed by atoms with E-state index in [1.54, 1.807) is 0 Å². The number of nitrogens with one attached hydrogen (secondary N) is 1. The van der Waals surface area contributed by atoms with Crippen molar-refractivity contribution in [3.05, 3.63) is 59.9 Å². The fourth-order valence-electron chi connectivity index (χ4n) is 1.93. The molecule has 0 aliphatic heterocycles. The molecule has 0 heterocycles. The maximum absolute atomic E-state index is 12.9. The van der Waals surface area contributed by atoms with Crippen molar-refractivity contribution < 1.29 is 19.2 Å². The van der Waals surface area contributed by atoms with Gasteiger partial charge in [0, 0.05) is 5.69 Å². The van der Waals surface area contributed by atoms with Crippen LogP contribution in [0.25, 0.3) is 0 Å². The summed E-state index contributed by atoms with van der Waals surface area (Å²) in [5.74, 6) is 0.700. The van der Waals surface area contributed by atoms with Gasteiger partial charge in [0.15, 0.2) is 0 Å². The molecule has 2 aromatic rings. The normalized spacial score (nSPS) is 11.4. The molecule has 0 aromatic heterocycles. The second-order valence-electron chi connectivity index (χ2n) is 4.64. The van der Waals surface area contributed by atoms with Gasteiger partial charge in [-0.1, -0.05) is 30.2 Å². The molecule has 1 atom stereocenters. The molecule has 2 aromatic carbocycles. The van der Waals surface area contributed by atoms with E-state index in [0.717, 1.165) is 0 Å². The fraction of sp³-hybridized carbons (Fsp3) is 0.0625. The molecule has 1 amide bonds. The Morgan fingerprint density at radius 3 is 2.23 bits per heavy atom. The van der Waals surface area contributed by atoms with E-state index in [1.807, 2.05) is 0 Å². The number of benzene rings is 2. The van der Waals surface area contributed by atoms with Gasteiger partial charge in [-0.2, -0.15) is 0 Å². The first kappa shape index (κ1) is 15.8. The quantitative estimate of drug-likeness (QED) is 0.579. The summed E-state index contributed by atoms with van der Waals surface area (Å²) in [5, 5.41) is 20.6. The monoisotopic (exact) mass is 297 g/mol. The lowest BCUT2D eigenvalue weighted by atomic mass is 9.80. The molecule has 0 aliphatic carbocycles. The summed E-state index contributed by atoms with van der Waals surface area (Å²) >= 11 is 0. The molecule has 0 saturated carbocycles. The molecule has 0 radical (unpaired) electrons. The maximum atomic E-state index is 12.9. The number of hydrogen-bond acceptors (Lipinski definition) is 3. The lowest BCUT2D eigenvalue weighted by molar-refractivity contribution is -0.116. The second-order valence-corrected chi connectivity index (χ2v) is 4.64. The highest BCUT2D eigenvalue weighted by atomic mass is 19.1. The number of amides is 1. The SMILES string of the molecule is C#CC(C(=O)Nc1ccc(B(O)O)cc1)c1ccc(F)cc1. The van der Waals surface area contributed by atoms with Gasteiger partial charge in [0.25, 0.3) is 0 Å². The molecule has 0 saturated heterocycles. The van der Waals surface area contributed by atoms with Crippen molar-refractivity contribution in [3.63, 3.8) is 0 Å². The predicted molar refractivity (Wildman–Crippen MR) is 82.9 cm³/mol. The van der Waals surface area contributed by atoms with Crippen LogP contribution in [0.15, 0.2) is 48.5 Å². The van der Waals surface area contributed by atoms with Gasteiger partial charge in [0.2, 0.25) is 5.91 Å². The van der Waals surface area contributed by atoms with Crippen LogP contribution in [-0.2, 0) is 4.79 Å². The first-order valence-corrected chi connectivity index (χ1v) is 6.50. The Morgan fingerprint density at radius 2 is 1.73 bits per heavy atom. The van der Waals surface area contributed by atoms with Crippen LogP contribution >= 0.6 is 0 Å². The van der Waals surface area contributed by atoms with Crippen molar-refractivity contribution >= 4 is 24.2 Å². The first-order valence-electron chi connectivity index (χ1n) is 6.50. The summed E-state index contributed by atoms with van der Waals surface area (Å²) in [6.45, 7) is 0. The molecule has 110 valence electrons. The minimum Gasteiger partial charge on any atom is -0.423 e. The molecule has 1 unspecified atom stereocenters. The van der Waals surface area contributed by atoms with Crippen LogP contribution in [0, 0.1) is 18.2 Å². The van der Waals surface area contributed by atoms with Gasteiger partial charge < -0.3 is 15.4 Å². The van der Waals surface area contributed by atoms with Crippen molar-refractivity contribution in [1.82, 2.24) is 0 Å². The maximum Gasteiger partial charge on any atom is 0.488 e.